The Morgan fingerprint density at radius 3 is 2.50 bits per heavy atom. The standard InChI is InChI=1S/C21H25BrN2O4/c1-14-12-16(24(26)27)8-9-18(14)23-20(25)6-5-11-28-19-10-7-15(13-17(19)22)21(2,3)4/h7-10,12-13H,5-6,11H2,1-4H3,(H,23,25). The molecule has 1 amide bonds. The fraction of sp³-hybridized carbons (Fsp3) is 0.381. The minimum Gasteiger partial charge on any atom is -0.492 e. The van der Waals surface area contributed by atoms with Crippen molar-refractivity contribution < 1.29 is 14.5 Å². The number of nitro groups is 1. The lowest BCUT2D eigenvalue weighted by atomic mass is 9.87. The van der Waals surface area contributed by atoms with Crippen molar-refractivity contribution in [1.82, 2.24) is 0 Å². The number of nitrogens with one attached hydrogen (secondary N) is 1. The van der Waals surface area contributed by atoms with Crippen molar-refractivity contribution in [3.63, 3.8) is 0 Å². The molecule has 0 heterocycles. The van der Waals surface area contributed by atoms with Crippen LogP contribution in [0, 0.1) is 17.0 Å². The number of ether oxygens (including phenoxy) is 1. The average Bonchev–Trinajstić information content (AvgIpc) is 2.60. The number of halogens is 1. The van der Waals surface area contributed by atoms with Crippen LogP contribution >= 0.6 is 15.9 Å². The third-order valence-corrected chi connectivity index (χ3v) is 4.92. The van der Waals surface area contributed by atoms with E-state index in [1.807, 2.05) is 12.1 Å². The molecule has 0 spiro atoms. The lowest BCUT2D eigenvalue weighted by Gasteiger charge is -2.20. The zero-order valence-corrected chi connectivity index (χ0v) is 18.1. The third kappa shape index (κ3) is 6.05. The number of carbonyl (C=O) groups excluding carboxylic acids is 1. The number of nitrogens with zero attached hydrogens (tertiary/aromatic N) is 1. The van der Waals surface area contributed by atoms with Crippen molar-refractivity contribution in [1.29, 1.82) is 0 Å². The topological polar surface area (TPSA) is 81.5 Å². The van der Waals surface area contributed by atoms with E-state index < -0.39 is 4.92 Å². The number of carbonyl (C=O) groups is 1. The fourth-order valence-electron chi connectivity index (χ4n) is 2.61. The van der Waals surface area contributed by atoms with E-state index in [4.69, 9.17) is 4.74 Å². The van der Waals surface area contributed by atoms with Gasteiger partial charge in [-0.1, -0.05) is 26.8 Å². The zero-order valence-electron chi connectivity index (χ0n) is 16.5. The summed E-state index contributed by atoms with van der Waals surface area (Å²) in [6.07, 6.45) is 0.861. The molecule has 2 aromatic carbocycles. The number of amides is 1. The van der Waals surface area contributed by atoms with Gasteiger partial charge in [0.05, 0.1) is 16.0 Å². The van der Waals surface area contributed by atoms with Gasteiger partial charge in [-0.05, 0) is 64.0 Å². The van der Waals surface area contributed by atoms with Gasteiger partial charge in [0.25, 0.3) is 5.69 Å². The van der Waals surface area contributed by atoms with Gasteiger partial charge < -0.3 is 10.1 Å². The second-order valence-corrected chi connectivity index (χ2v) is 8.51. The van der Waals surface area contributed by atoms with Gasteiger partial charge in [-0.15, -0.1) is 0 Å². The summed E-state index contributed by atoms with van der Waals surface area (Å²) in [5.41, 5.74) is 2.52. The molecule has 0 radical (unpaired) electrons. The van der Waals surface area contributed by atoms with E-state index in [-0.39, 0.29) is 17.0 Å². The van der Waals surface area contributed by atoms with Gasteiger partial charge in [-0.3, -0.25) is 14.9 Å². The summed E-state index contributed by atoms with van der Waals surface area (Å²) in [6, 6.07) is 10.4. The lowest BCUT2D eigenvalue weighted by Crippen LogP contribution is -2.14. The maximum absolute atomic E-state index is 12.1. The van der Waals surface area contributed by atoms with Crippen LogP contribution in [0.5, 0.6) is 5.75 Å². The van der Waals surface area contributed by atoms with Crippen LogP contribution in [-0.2, 0) is 10.2 Å². The predicted molar refractivity (Wildman–Crippen MR) is 114 cm³/mol. The number of non-ortho nitro benzene ring substituents is 1. The highest BCUT2D eigenvalue weighted by Crippen LogP contribution is 2.31. The maximum atomic E-state index is 12.1. The molecule has 0 bridgehead atoms. The molecule has 0 aliphatic rings. The SMILES string of the molecule is Cc1cc([N+](=O)[O-])ccc1NC(=O)CCCOc1ccc(C(C)(C)C)cc1Br. The molecule has 7 heteroatoms. The fourth-order valence-corrected chi connectivity index (χ4v) is 3.11. The Bertz CT molecular complexity index is 875. The summed E-state index contributed by atoms with van der Waals surface area (Å²) in [5, 5.41) is 13.6. The van der Waals surface area contributed by atoms with Crippen LogP contribution in [0.1, 0.15) is 44.7 Å². The van der Waals surface area contributed by atoms with Crippen LogP contribution in [0.4, 0.5) is 11.4 Å². The molecule has 0 saturated carbocycles. The summed E-state index contributed by atoms with van der Waals surface area (Å²) in [5.74, 6) is 0.599. The summed E-state index contributed by atoms with van der Waals surface area (Å²) in [6.45, 7) is 8.60. The van der Waals surface area contributed by atoms with Gasteiger partial charge in [-0.25, -0.2) is 0 Å². The Morgan fingerprint density at radius 2 is 1.93 bits per heavy atom. The lowest BCUT2D eigenvalue weighted by molar-refractivity contribution is -0.384. The predicted octanol–water partition coefficient (Wildman–Crippen LogP) is 5.76. The molecule has 1 N–H and O–H groups in total. The van der Waals surface area contributed by atoms with E-state index in [0.717, 1.165) is 10.2 Å². The Labute approximate surface area is 173 Å². The molecule has 0 aliphatic carbocycles. The first-order valence-electron chi connectivity index (χ1n) is 9.05. The first-order chi connectivity index (χ1) is 13.1. The van der Waals surface area contributed by atoms with E-state index >= 15 is 0 Å². The molecule has 0 fully saturated rings. The summed E-state index contributed by atoms with van der Waals surface area (Å²) >= 11 is 3.54. The zero-order chi connectivity index (χ0) is 20.9. The van der Waals surface area contributed by atoms with Gasteiger partial charge >= 0.3 is 0 Å². The van der Waals surface area contributed by atoms with Gasteiger partial charge in [-0.2, -0.15) is 0 Å². The Balaban J connectivity index is 1.82. The molecule has 0 aromatic heterocycles. The van der Waals surface area contributed by atoms with Crippen LogP contribution in [0.3, 0.4) is 0 Å². The summed E-state index contributed by atoms with van der Waals surface area (Å²) < 4.78 is 6.66. The Morgan fingerprint density at radius 1 is 1.21 bits per heavy atom. The van der Waals surface area contributed by atoms with Crippen molar-refractivity contribution in [2.24, 2.45) is 0 Å². The smallest absolute Gasteiger partial charge is 0.269 e. The van der Waals surface area contributed by atoms with Gasteiger partial charge in [0.15, 0.2) is 0 Å². The van der Waals surface area contributed by atoms with Crippen molar-refractivity contribution in [2.45, 2.75) is 46.0 Å². The van der Waals surface area contributed by atoms with Crippen LogP contribution in [0.2, 0.25) is 0 Å². The molecular formula is C21H25BrN2O4. The van der Waals surface area contributed by atoms with Crippen LogP contribution < -0.4 is 10.1 Å². The van der Waals surface area contributed by atoms with Crippen molar-refractivity contribution in [3.05, 3.63) is 62.1 Å². The van der Waals surface area contributed by atoms with Gasteiger partial charge in [0.2, 0.25) is 5.91 Å². The number of benzene rings is 2. The largest absolute Gasteiger partial charge is 0.492 e. The van der Waals surface area contributed by atoms with Crippen LogP contribution in [-0.4, -0.2) is 17.4 Å². The molecule has 0 atom stereocenters. The van der Waals surface area contributed by atoms with E-state index in [9.17, 15) is 14.9 Å². The van der Waals surface area contributed by atoms with E-state index in [1.165, 1.54) is 17.7 Å². The van der Waals surface area contributed by atoms with E-state index in [1.54, 1.807) is 13.0 Å². The average molecular weight is 449 g/mol. The minimum atomic E-state index is -0.456. The Kier molecular flexibility index (Phi) is 7.18. The minimum absolute atomic E-state index is 0.00644. The maximum Gasteiger partial charge on any atom is 0.269 e. The van der Waals surface area contributed by atoms with Crippen molar-refractivity contribution >= 4 is 33.2 Å². The van der Waals surface area contributed by atoms with Crippen LogP contribution in [0.25, 0.3) is 0 Å². The van der Waals surface area contributed by atoms with Gasteiger partial charge in [0.1, 0.15) is 5.75 Å². The number of anilines is 1. The summed E-state index contributed by atoms with van der Waals surface area (Å²) in [4.78, 5) is 22.4. The molecule has 2 rings (SSSR count). The van der Waals surface area contributed by atoms with E-state index in [0.29, 0.717) is 30.7 Å². The number of aryl methyl sites for hydroxylation is 1. The number of rotatable bonds is 7. The first-order valence-corrected chi connectivity index (χ1v) is 9.85. The highest BCUT2D eigenvalue weighted by molar-refractivity contribution is 9.10. The molecule has 0 aliphatic heterocycles. The number of hydrogen-bond acceptors (Lipinski definition) is 4. The normalized spacial score (nSPS) is 11.2. The Hall–Kier alpha value is -2.41. The van der Waals surface area contributed by atoms with Crippen LogP contribution in [0.15, 0.2) is 40.9 Å². The van der Waals surface area contributed by atoms with Crippen molar-refractivity contribution in [3.8, 4) is 5.75 Å². The second kappa shape index (κ2) is 9.19. The van der Waals surface area contributed by atoms with E-state index in [2.05, 4.69) is 48.1 Å². The summed E-state index contributed by atoms with van der Waals surface area (Å²) in [7, 11) is 0. The molecule has 28 heavy (non-hydrogen) atoms. The second-order valence-electron chi connectivity index (χ2n) is 7.65. The quantitative estimate of drug-likeness (QED) is 0.331. The number of nitro benzene ring substituents is 1. The number of hydrogen-bond donors (Lipinski definition) is 1. The van der Waals surface area contributed by atoms with Gasteiger partial charge in [0, 0.05) is 24.2 Å². The molecule has 0 unspecified atom stereocenters. The molecule has 150 valence electrons. The first kappa shape index (κ1) is 21.9. The monoisotopic (exact) mass is 448 g/mol. The molecule has 0 saturated heterocycles. The molecular weight excluding hydrogens is 424 g/mol. The van der Waals surface area contributed by atoms with Crippen molar-refractivity contribution in [2.75, 3.05) is 11.9 Å². The highest BCUT2D eigenvalue weighted by Gasteiger charge is 2.15. The molecule has 2 aromatic rings. The highest BCUT2D eigenvalue weighted by atomic mass is 79.9. The third-order valence-electron chi connectivity index (χ3n) is 4.30. The molecule has 6 nitrogen and oxygen atoms in total.